The van der Waals surface area contributed by atoms with E-state index in [-0.39, 0.29) is 0 Å². The van der Waals surface area contributed by atoms with Crippen molar-refractivity contribution in [3.63, 3.8) is 0 Å². The Hall–Kier alpha value is -2.10. The lowest BCUT2D eigenvalue weighted by molar-refractivity contribution is 1.03. The minimum atomic E-state index is 0.854. The van der Waals surface area contributed by atoms with Crippen LogP contribution in [-0.2, 0) is 0 Å². The molecule has 0 unspecified atom stereocenters. The molecule has 0 fully saturated rings. The van der Waals surface area contributed by atoms with Crippen LogP contribution in [-0.4, -0.2) is 23.6 Å². The van der Waals surface area contributed by atoms with Crippen LogP contribution in [0, 0.1) is 6.92 Å². The zero-order chi connectivity index (χ0) is 13.0. The number of hydrogen-bond acceptors (Lipinski definition) is 4. The van der Waals surface area contributed by atoms with E-state index >= 15 is 0 Å². The van der Waals surface area contributed by atoms with E-state index in [1.165, 1.54) is 0 Å². The molecule has 1 aromatic carbocycles. The summed E-state index contributed by atoms with van der Waals surface area (Å²) in [4.78, 5) is 10.7. The zero-order valence-electron chi connectivity index (χ0n) is 11.0. The Kier molecular flexibility index (Phi) is 3.77. The summed E-state index contributed by atoms with van der Waals surface area (Å²) in [5, 5.41) is 3.24. The molecule has 0 atom stereocenters. The number of benzene rings is 1. The first-order chi connectivity index (χ1) is 8.74. The van der Waals surface area contributed by atoms with Crippen LogP contribution in [0.4, 0.5) is 17.3 Å². The van der Waals surface area contributed by atoms with Gasteiger partial charge in [-0.2, -0.15) is 0 Å². The molecular weight excluding hydrogens is 224 g/mol. The summed E-state index contributed by atoms with van der Waals surface area (Å²) in [6.45, 7) is 4.95. The lowest BCUT2D eigenvalue weighted by Crippen LogP contribution is -2.14. The van der Waals surface area contributed by atoms with Crippen molar-refractivity contribution in [2.45, 2.75) is 13.8 Å². The van der Waals surface area contributed by atoms with Gasteiger partial charge in [0.2, 0.25) is 0 Å². The molecule has 2 aromatic rings. The molecule has 0 bridgehead atoms. The van der Waals surface area contributed by atoms with Crippen molar-refractivity contribution in [3.8, 4) is 0 Å². The summed E-state index contributed by atoms with van der Waals surface area (Å²) >= 11 is 0. The molecule has 18 heavy (non-hydrogen) atoms. The quantitative estimate of drug-likeness (QED) is 0.895. The fourth-order valence-corrected chi connectivity index (χ4v) is 1.90. The molecule has 94 valence electrons. The average molecular weight is 242 g/mol. The molecule has 1 N–H and O–H groups in total. The normalized spacial score (nSPS) is 10.2. The maximum atomic E-state index is 4.37. The van der Waals surface area contributed by atoms with E-state index in [1.54, 1.807) is 6.33 Å². The molecule has 1 heterocycles. The number of para-hydroxylation sites is 1. The standard InChI is InChI=1S/C14H18N4/c1-4-15-13-11(2)14(17-10-16-13)18(3)12-8-6-5-7-9-12/h5-10H,4H2,1-3H3,(H,15,16,17). The highest BCUT2D eigenvalue weighted by Crippen LogP contribution is 2.26. The van der Waals surface area contributed by atoms with Crippen LogP contribution in [0.25, 0.3) is 0 Å². The van der Waals surface area contributed by atoms with E-state index in [0.717, 1.165) is 29.4 Å². The average Bonchev–Trinajstić information content (AvgIpc) is 2.42. The molecule has 0 saturated heterocycles. The molecule has 0 saturated carbocycles. The Balaban J connectivity index is 2.36. The van der Waals surface area contributed by atoms with Crippen molar-refractivity contribution >= 4 is 17.3 Å². The number of hydrogen-bond donors (Lipinski definition) is 1. The molecule has 0 radical (unpaired) electrons. The van der Waals surface area contributed by atoms with Gasteiger partial charge in [0.05, 0.1) is 0 Å². The fourth-order valence-electron chi connectivity index (χ4n) is 1.90. The second kappa shape index (κ2) is 5.49. The SMILES string of the molecule is CCNc1ncnc(N(C)c2ccccc2)c1C. The third-order valence-corrected chi connectivity index (χ3v) is 2.86. The molecule has 0 aliphatic rings. The van der Waals surface area contributed by atoms with Crippen molar-refractivity contribution in [2.24, 2.45) is 0 Å². The van der Waals surface area contributed by atoms with E-state index in [9.17, 15) is 0 Å². The van der Waals surface area contributed by atoms with Gasteiger partial charge in [-0.05, 0) is 26.0 Å². The van der Waals surface area contributed by atoms with Gasteiger partial charge in [-0.3, -0.25) is 0 Å². The number of rotatable bonds is 4. The van der Waals surface area contributed by atoms with Gasteiger partial charge in [-0.15, -0.1) is 0 Å². The summed E-state index contributed by atoms with van der Waals surface area (Å²) < 4.78 is 0. The third kappa shape index (κ3) is 2.42. The maximum absolute atomic E-state index is 4.37. The van der Waals surface area contributed by atoms with Gasteiger partial charge < -0.3 is 10.2 Å². The second-order valence-electron chi connectivity index (χ2n) is 4.10. The second-order valence-corrected chi connectivity index (χ2v) is 4.10. The lowest BCUT2D eigenvalue weighted by Gasteiger charge is -2.21. The van der Waals surface area contributed by atoms with Crippen LogP contribution in [0.5, 0.6) is 0 Å². The first-order valence-corrected chi connectivity index (χ1v) is 6.08. The van der Waals surface area contributed by atoms with Gasteiger partial charge in [0, 0.05) is 24.8 Å². The largest absolute Gasteiger partial charge is 0.370 e. The summed E-state index contributed by atoms with van der Waals surface area (Å²) in [6.07, 6.45) is 1.60. The summed E-state index contributed by atoms with van der Waals surface area (Å²) in [6, 6.07) is 10.2. The van der Waals surface area contributed by atoms with Crippen LogP contribution >= 0.6 is 0 Å². The summed E-state index contributed by atoms with van der Waals surface area (Å²) in [5.74, 6) is 1.82. The first-order valence-electron chi connectivity index (χ1n) is 6.08. The van der Waals surface area contributed by atoms with Crippen LogP contribution < -0.4 is 10.2 Å². The van der Waals surface area contributed by atoms with Crippen molar-refractivity contribution < 1.29 is 0 Å². The first kappa shape index (κ1) is 12.4. The number of nitrogens with one attached hydrogen (secondary N) is 1. The van der Waals surface area contributed by atoms with E-state index in [0.29, 0.717) is 0 Å². The minimum Gasteiger partial charge on any atom is -0.370 e. The van der Waals surface area contributed by atoms with E-state index in [4.69, 9.17) is 0 Å². The van der Waals surface area contributed by atoms with Crippen molar-refractivity contribution in [1.29, 1.82) is 0 Å². The highest BCUT2D eigenvalue weighted by atomic mass is 15.2. The van der Waals surface area contributed by atoms with Gasteiger partial charge >= 0.3 is 0 Å². The molecule has 0 amide bonds. The third-order valence-electron chi connectivity index (χ3n) is 2.86. The Morgan fingerprint density at radius 3 is 2.56 bits per heavy atom. The molecule has 0 spiro atoms. The minimum absolute atomic E-state index is 0.854. The number of aromatic nitrogens is 2. The van der Waals surface area contributed by atoms with Crippen LogP contribution in [0.2, 0.25) is 0 Å². The van der Waals surface area contributed by atoms with E-state index < -0.39 is 0 Å². The lowest BCUT2D eigenvalue weighted by atomic mass is 10.2. The van der Waals surface area contributed by atoms with Gasteiger partial charge in [0.25, 0.3) is 0 Å². The molecule has 2 rings (SSSR count). The predicted molar refractivity (Wildman–Crippen MR) is 75.4 cm³/mol. The highest BCUT2D eigenvalue weighted by molar-refractivity contribution is 5.66. The van der Waals surface area contributed by atoms with Crippen molar-refractivity contribution in [1.82, 2.24) is 9.97 Å². The molecule has 1 aromatic heterocycles. The topological polar surface area (TPSA) is 41.1 Å². The fraction of sp³-hybridized carbons (Fsp3) is 0.286. The van der Waals surface area contributed by atoms with E-state index in [2.05, 4.69) is 39.2 Å². The Morgan fingerprint density at radius 2 is 1.89 bits per heavy atom. The zero-order valence-corrected chi connectivity index (χ0v) is 11.0. The molecular formula is C14H18N4. The highest BCUT2D eigenvalue weighted by Gasteiger charge is 2.11. The molecule has 4 nitrogen and oxygen atoms in total. The number of nitrogens with zero attached hydrogens (tertiary/aromatic N) is 3. The van der Waals surface area contributed by atoms with Crippen LogP contribution in [0.15, 0.2) is 36.7 Å². The Bertz CT molecular complexity index is 510. The van der Waals surface area contributed by atoms with Crippen molar-refractivity contribution in [2.75, 3.05) is 23.8 Å². The van der Waals surface area contributed by atoms with Gasteiger partial charge in [-0.1, -0.05) is 18.2 Å². The van der Waals surface area contributed by atoms with Crippen LogP contribution in [0.3, 0.4) is 0 Å². The summed E-state index contributed by atoms with van der Waals surface area (Å²) in [7, 11) is 2.01. The molecule has 4 heteroatoms. The van der Waals surface area contributed by atoms with Gasteiger partial charge in [0.1, 0.15) is 18.0 Å². The van der Waals surface area contributed by atoms with Gasteiger partial charge in [-0.25, -0.2) is 9.97 Å². The maximum Gasteiger partial charge on any atom is 0.141 e. The summed E-state index contributed by atoms with van der Waals surface area (Å²) in [5.41, 5.74) is 2.17. The Labute approximate surface area is 108 Å². The molecule has 0 aliphatic carbocycles. The van der Waals surface area contributed by atoms with Crippen molar-refractivity contribution in [3.05, 3.63) is 42.2 Å². The predicted octanol–water partition coefficient (Wildman–Crippen LogP) is 2.98. The smallest absolute Gasteiger partial charge is 0.141 e. The van der Waals surface area contributed by atoms with E-state index in [1.807, 2.05) is 32.2 Å². The van der Waals surface area contributed by atoms with Gasteiger partial charge in [0.15, 0.2) is 0 Å². The van der Waals surface area contributed by atoms with Crippen LogP contribution in [0.1, 0.15) is 12.5 Å². The Morgan fingerprint density at radius 1 is 1.17 bits per heavy atom. The number of anilines is 3. The monoisotopic (exact) mass is 242 g/mol. The molecule has 0 aliphatic heterocycles.